The minimum Gasteiger partial charge on any atom is -0.491 e. The first-order valence-corrected chi connectivity index (χ1v) is 7.58. The third-order valence-corrected chi connectivity index (χ3v) is 3.20. The summed E-state index contributed by atoms with van der Waals surface area (Å²) in [5, 5.41) is 3.25. The Morgan fingerprint density at radius 1 is 1.29 bits per heavy atom. The van der Waals surface area contributed by atoms with Crippen LogP contribution in [0.25, 0.3) is 0 Å². The SMILES string of the molecule is CCOC(=O)C(C)(COc1ccccc1CC)NC(C)C. The van der Waals surface area contributed by atoms with Crippen molar-refractivity contribution in [2.75, 3.05) is 13.2 Å². The third kappa shape index (κ3) is 5.05. The van der Waals surface area contributed by atoms with Crippen molar-refractivity contribution in [3.63, 3.8) is 0 Å². The van der Waals surface area contributed by atoms with E-state index in [0.29, 0.717) is 6.61 Å². The molecule has 1 N–H and O–H groups in total. The number of ether oxygens (including phenoxy) is 2. The van der Waals surface area contributed by atoms with E-state index < -0.39 is 5.54 Å². The fourth-order valence-electron chi connectivity index (χ4n) is 2.25. The van der Waals surface area contributed by atoms with Crippen LogP contribution < -0.4 is 10.1 Å². The van der Waals surface area contributed by atoms with E-state index in [1.165, 1.54) is 0 Å². The van der Waals surface area contributed by atoms with Crippen molar-refractivity contribution in [1.29, 1.82) is 0 Å². The monoisotopic (exact) mass is 293 g/mol. The first kappa shape index (κ1) is 17.5. The molecule has 0 saturated carbocycles. The van der Waals surface area contributed by atoms with Crippen LogP contribution in [0.5, 0.6) is 5.75 Å². The molecule has 0 aliphatic rings. The second-order valence-corrected chi connectivity index (χ2v) is 5.60. The Kier molecular flexibility index (Phi) is 6.69. The van der Waals surface area contributed by atoms with Crippen molar-refractivity contribution in [2.24, 2.45) is 0 Å². The zero-order valence-corrected chi connectivity index (χ0v) is 13.7. The lowest BCUT2D eigenvalue weighted by molar-refractivity contribution is -0.152. The summed E-state index contributed by atoms with van der Waals surface area (Å²) < 4.78 is 11.1. The molecule has 0 aliphatic heterocycles. The molecule has 0 amide bonds. The van der Waals surface area contributed by atoms with Gasteiger partial charge < -0.3 is 9.47 Å². The fourth-order valence-corrected chi connectivity index (χ4v) is 2.25. The second-order valence-electron chi connectivity index (χ2n) is 5.60. The van der Waals surface area contributed by atoms with Gasteiger partial charge >= 0.3 is 5.97 Å². The zero-order chi connectivity index (χ0) is 15.9. The van der Waals surface area contributed by atoms with Gasteiger partial charge in [-0.2, -0.15) is 0 Å². The molecule has 1 atom stereocenters. The summed E-state index contributed by atoms with van der Waals surface area (Å²) in [4.78, 5) is 12.2. The number of rotatable bonds is 8. The molecule has 0 bridgehead atoms. The minimum atomic E-state index is -0.856. The summed E-state index contributed by atoms with van der Waals surface area (Å²) in [7, 11) is 0. The van der Waals surface area contributed by atoms with E-state index >= 15 is 0 Å². The zero-order valence-electron chi connectivity index (χ0n) is 13.7. The maximum atomic E-state index is 12.2. The summed E-state index contributed by atoms with van der Waals surface area (Å²) in [6, 6.07) is 8.05. The molecule has 0 radical (unpaired) electrons. The molecule has 21 heavy (non-hydrogen) atoms. The highest BCUT2D eigenvalue weighted by Gasteiger charge is 2.36. The van der Waals surface area contributed by atoms with E-state index in [1.807, 2.05) is 45.0 Å². The van der Waals surface area contributed by atoms with Gasteiger partial charge in [-0.05, 0) is 45.7 Å². The van der Waals surface area contributed by atoms with Gasteiger partial charge in [-0.3, -0.25) is 5.32 Å². The topological polar surface area (TPSA) is 47.6 Å². The number of carbonyl (C=O) groups excluding carboxylic acids is 1. The molecule has 1 rings (SSSR count). The van der Waals surface area contributed by atoms with Crippen LogP contribution in [-0.4, -0.2) is 30.8 Å². The molecule has 0 heterocycles. The van der Waals surface area contributed by atoms with Crippen LogP contribution in [0.1, 0.15) is 40.2 Å². The predicted octanol–water partition coefficient (Wildman–Crippen LogP) is 2.95. The van der Waals surface area contributed by atoms with E-state index in [4.69, 9.17) is 9.47 Å². The molecule has 118 valence electrons. The molecular formula is C17H27NO3. The third-order valence-electron chi connectivity index (χ3n) is 3.20. The smallest absolute Gasteiger partial charge is 0.329 e. The number of para-hydroxylation sites is 1. The first-order chi connectivity index (χ1) is 9.92. The maximum absolute atomic E-state index is 12.2. The summed E-state index contributed by atoms with van der Waals surface area (Å²) >= 11 is 0. The minimum absolute atomic E-state index is 0.157. The molecule has 0 aliphatic carbocycles. The van der Waals surface area contributed by atoms with Gasteiger partial charge in [0.25, 0.3) is 0 Å². The van der Waals surface area contributed by atoms with E-state index in [2.05, 4.69) is 12.2 Å². The van der Waals surface area contributed by atoms with Gasteiger partial charge in [0.2, 0.25) is 0 Å². The van der Waals surface area contributed by atoms with Crippen molar-refractivity contribution in [3.8, 4) is 5.75 Å². The normalized spacial score (nSPS) is 13.8. The fraction of sp³-hybridized carbons (Fsp3) is 0.588. The van der Waals surface area contributed by atoms with Gasteiger partial charge in [0.15, 0.2) is 0 Å². The Bertz CT molecular complexity index is 459. The number of carbonyl (C=O) groups is 1. The lowest BCUT2D eigenvalue weighted by Crippen LogP contribution is -2.57. The van der Waals surface area contributed by atoms with Crippen LogP contribution in [0, 0.1) is 0 Å². The van der Waals surface area contributed by atoms with E-state index in [9.17, 15) is 4.79 Å². The van der Waals surface area contributed by atoms with Crippen LogP contribution in [0.15, 0.2) is 24.3 Å². The number of esters is 1. The number of aryl methyl sites for hydroxylation is 1. The largest absolute Gasteiger partial charge is 0.491 e. The van der Waals surface area contributed by atoms with Crippen LogP contribution in [0.3, 0.4) is 0 Å². The molecule has 0 saturated heterocycles. The number of hydrogen-bond acceptors (Lipinski definition) is 4. The molecule has 0 spiro atoms. The van der Waals surface area contributed by atoms with Gasteiger partial charge in [0, 0.05) is 6.04 Å². The van der Waals surface area contributed by atoms with Gasteiger partial charge in [-0.1, -0.05) is 25.1 Å². The average Bonchev–Trinajstić information content (AvgIpc) is 2.45. The molecule has 1 aromatic rings. The van der Waals surface area contributed by atoms with Crippen molar-refractivity contribution in [1.82, 2.24) is 5.32 Å². The Balaban J connectivity index is 2.84. The van der Waals surface area contributed by atoms with Gasteiger partial charge in [0.05, 0.1) is 6.61 Å². The Morgan fingerprint density at radius 2 is 1.95 bits per heavy atom. The number of hydrogen-bond donors (Lipinski definition) is 1. The molecule has 1 unspecified atom stereocenters. The van der Waals surface area contributed by atoms with E-state index in [0.717, 1.165) is 17.7 Å². The molecular weight excluding hydrogens is 266 g/mol. The molecule has 1 aromatic carbocycles. The lowest BCUT2D eigenvalue weighted by Gasteiger charge is -2.30. The quantitative estimate of drug-likeness (QED) is 0.749. The van der Waals surface area contributed by atoms with Crippen LogP contribution in [0.4, 0.5) is 0 Å². The van der Waals surface area contributed by atoms with Crippen molar-refractivity contribution >= 4 is 5.97 Å². The Morgan fingerprint density at radius 3 is 2.52 bits per heavy atom. The van der Waals surface area contributed by atoms with Crippen molar-refractivity contribution in [3.05, 3.63) is 29.8 Å². The van der Waals surface area contributed by atoms with Gasteiger partial charge in [0.1, 0.15) is 17.9 Å². The average molecular weight is 293 g/mol. The molecule has 0 fully saturated rings. The number of nitrogens with one attached hydrogen (secondary N) is 1. The highest BCUT2D eigenvalue weighted by atomic mass is 16.5. The number of benzene rings is 1. The first-order valence-electron chi connectivity index (χ1n) is 7.58. The summed E-state index contributed by atoms with van der Waals surface area (Å²) in [5.41, 5.74) is 0.277. The van der Waals surface area contributed by atoms with E-state index in [1.54, 1.807) is 6.92 Å². The summed E-state index contributed by atoms with van der Waals surface area (Å²) in [6.45, 7) is 10.3. The molecule has 4 heteroatoms. The predicted molar refractivity (Wildman–Crippen MR) is 84.6 cm³/mol. The van der Waals surface area contributed by atoms with Gasteiger partial charge in [-0.25, -0.2) is 4.79 Å². The van der Waals surface area contributed by atoms with E-state index in [-0.39, 0.29) is 18.6 Å². The van der Waals surface area contributed by atoms with Gasteiger partial charge in [-0.15, -0.1) is 0 Å². The van der Waals surface area contributed by atoms with Crippen LogP contribution >= 0.6 is 0 Å². The van der Waals surface area contributed by atoms with Crippen molar-refractivity contribution < 1.29 is 14.3 Å². The highest BCUT2D eigenvalue weighted by Crippen LogP contribution is 2.20. The lowest BCUT2D eigenvalue weighted by atomic mass is 10.0. The second kappa shape index (κ2) is 8.03. The Labute approximate surface area is 127 Å². The Hall–Kier alpha value is -1.55. The molecule has 4 nitrogen and oxygen atoms in total. The summed E-state index contributed by atoms with van der Waals surface area (Å²) in [5.74, 6) is 0.536. The maximum Gasteiger partial charge on any atom is 0.329 e. The highest BCUT2D eigenvalue weighted by molar-refractivity contribution is 5.80. The standard InChI is InChI=1S/C17H27NO3/c1-6-14-10-8-9-11-15(14)21-12-17(5,18-13(3)4)16(19)20-7-2/h8-11,13,18H,6-7,12H2,1-5H3. The summed E-state index contributed by atoms with van der Waals surface area (Å²) in [6.07, 6.45) is 0.893. The van der Waals surface area contributed by atoms with Crippen LogP contribution in [0.2, 0.25) is 0 Å². The molecule has 0 aromatic heterocycles. The van der Waals surface area contributed by atoms with Crippen LogP contribution in [-0.2, 0) is 16.0 Å². The van der Waals surface area contributed by atoms with Crippen molar-refractivity contribution in [2.45, 2.75) is 52.6 Å².